The molecule has 0 heterocycles. The molecule has 1 fully saturated rings. The van der Waals surface area contributed by atoms with Crippen LogP contribution in [0, 0.1) is 11.7 Å². The molecule has 0 aliphatic heterocycles. The number of rotatable bonds is 3. The number of benzene rings is 2. The second kappa shape index (κ2) is 5.30. The van der Waals surface area contributed by atoms with E-state index in [0.29, 0.717) is 12.0 Å². The van der Waals surface area contributed by atoms with Gasteiger partial charge in [-0.15, -0.1) is 0 Å². The minimum Gasteiger partial charge on any atom is -0.313 e. The fourth-order valence-corrected chi connectivity index (χ4v) is 3.49. The zero-order valence-electron chi connectivity index (χ0n) is 11.3. The van der Waals surface area contributed by atoms with Crippen LogP contribution in [0.4, 0.5) is 4.39 Å². The van der Waals surface area contributed by atoms with E-state index < -0.39 is 0 Å². The first-order valence-corrected chi connectivity index (χ1v) is 7.15. The molecule has 1 N–H and O–H groups in total. The molecular weight excluding hydrogens is 237 g/mol. The van der Waals surface area contributed by atoms with Crippen LogP contribution in [0.2, 0.25) is 0 Å². The number of fused-ring (bicyclic) bond motifs is 1. The lowest BCUT2D eigenvalue weighted by molar-refractivity contribution is 0.392. The maximum atomic E-state index is 13.9. The fourth-order valence-electron chi connectivity index (χ4n) is 3.49. The highest BCUT2D eigenvalue weighted by Gasteiger charge is 2.26. The maximum absolute atomic E-state index is 13.9. The first kappa shape index (κ1) is 12.6. The molecule has 0 amide bonds. The average molecular weight is 257 g/mol. The Balaban J connectivity index is 2.10. The Kier molecular flexibility index (Phi) is 3.52. The van der Waals surface area contributed by atoms with E-state index in [1.54, 1.807) is 6.07 Å². The summed E-state index contributed by atoms with van der Waals surface area (Å²) in [7, 11) is 2.01. The van der Waals surface area contributed by atoms with Crippen molar-refractivity contribution in [3.05, 3.63) is 47.8 Å². The van der Waals surface area contributed by atoms with Crippen molar-refractivity contribution in [2.24, 2.45) is 5.92 Å². The van der Waals surface area contributed by atoms with E-state index in [1.807, 2.05) is 37.4 Å². The molecular formula is C17H20FN. The minimum absolute atomic E-state index is 0.124. The summed E-state index contributed by atoms with van der Waals surface area (Å²) < 4.78 is 13.9. The first-order valence-electron chi connectivity index (χ1n) is 7.15. The van der Waals surface area contributed by atoms with Crippen LogP contribution in [0.3, 0.4) is 0 Å². The lowest BCUT2D eigenvalue weighted by Crippen LogP contribution is -2.23. The van der Waals surface area contributed by atoms with Crippen molar-refractivity contribution < 1.29 is 4.39 Å². The Hall–Kier alpha value is -1.41. The molecule has 2 aromatic rings. The summed E-state index contributed by atoms with van der Waals surface area (Å²) in [6.45, 7) is 0. The molecule has 19 heavy (non-hydrogen) atoms. The highest BCUT2D eigenvalue weighted by molar-refractivity contribution is 5.86. The van der Waals surface area contributed by atoms with Crippen LogP contribution in [0.15, 0.2) is 36.4 Å². The Morgan fingerprint density at radius 2 is 1.74 bits per heavy atom. The summed E-state index contributed by atoms with van der Waals surface area (Å²) in [5.41, 5.74) is 1.24. The van der Waals surface area contributed by atoms with Crippen LogP contribution in [0.25, 0.3) is 10.8 Å². The number of halogens is 1. The second-order valence-electron chi connectivity index (χ2n) is 5.49. The summed E-state index contributed by atoms with van der Waals surface area (Å²) >= 11 is 0. The van der Waals surface area contributed by atoms with Crippen molar-refractivity contribution in [1.29, 1.82) is 0 Å². The summed E-state index contributed by atoms with van der Waals surface area (Å²) in [5, 5.41) is 5.23. The van der Waals surface area contributed by atoms with E-state index in [4.69, 9.17) is 0 Å². The van der Waals surface area contributed by atoms with E-state index in [2.05, 4.69) is 5.32 Å². The zero-order valence-corrected chi connectivity index (χ0v) is 11.3. The molecule has 0 bridgehead atoms. The Morgan fingerprint density at radius 3 is 2.42 bits per heavy atom. The molecule has 2 heteroatoms. The monoisotopic (exact) mass is 257 g/mol. The van der Waals surface area contributed by atoms with Gasteiger partial charge in [0.1, 0.15) is 5.82 Å². The van der Waals surface area contributed by atoms with Crippen molar-refractivity contribution in [2.75, 3.05) is 7.05 Å². The lowest BCUT2D eigenvalue weighted by atomic mass is 9.88. The minimum atomic E-state index is -0.124. The van der Waals surface area contributed by atoms with E-state index in [9.17, 15) is 4.39 Å². The van der Waals surface area contributed by atoms with Gasteiger partial charge >= 0.3 is 0 Å². The molecule has 100 valence electrons. The van der Waals surface area contributed by atoms with Gasteiger partial charge in [-0.3, -0.25) is 0 Å². The third-order valence-electron chi connectivity index (χ3n) is 4.42. The largest absolute Gasteiger partial charge is 0.313 e. The molecule has 0 saturated heterocycles. The Labute approximate surface area is 113 Å². The van der Waals surface area contributed by atoms with Crippen molar-refractivity contribution in [3.8, 4) is 0 Å². The van der Waals surface area contributed by atoms with Gasteiger partial charge in [0.2, 0.25) is 0 Å². The smallest absolute Gasteiger partial charge is 0.131 e. The van der Waals surface area contributed by atoms with Gasteiger partial charge in [-0.25, -0.2) is 4.39 Å². The fraction of sp³-hybridized carbons (Fsp3) is 0.412. The first-order chi connectivity index (χ1) is 9.31. The molecule has 1 unspecified atom stereocenters. The van der Waals surface area contributed by atoms with Crippen LogP contribution in [0.5, 0.6) is 0 Å². The molecule has 2 aromatic carbocycles. The van der Waals surface area contributed by atoms with Crippen molar-refractivity contribution >= 4 is 10.8 Å². The third kappa shape index (κ3) is 2.25. The molecule has 1 aliphatic rings. The summed E-state index contributed by atoms with van der Waals surface area (Å²) in [5.74, 6) is 0.555. The van der Waals surface area contributed by atoms with Gasteiger partial charge in [0.05, 0.1) is 0 Å². The summed E-state index contributed by atoms with van der Waals surface area (Å²) in [6.07, 6.45) is 5.19. The lowest BCUT2D eigenvalue weighted by Gasteiger charge is -2.25. The van der Waals surface area contributed by atoms with Crippen LogP contribution < -0.4 is 5.32 Å². The summed E-state index contributed by atoms with van der Waals surface area (Å²) in [6, 6.07) is 11.7. The van der Waals surface area contributed by atoms with Gasteiger partial charge in [-0.2, -0.15) is 0 Å². The van der Waals surface area contributed by atoms with E-state index in [0.717, 1.165) is 10.8 Å². The van der Waals surface area contributed by atoms with Gasteiger partial charge in [0.15, 0.2) is 0 Å². The van der Waals surface area contributed by atoms with E-state index in [1.165, 1.54) is 31.2 Å². The molecule has 1 saturated carbocycles. The maximum Gasteiger partial charge on any atom is 0.131 e. The number of hydrogen-bond acceptors (Lipinski definition) is 1. The molecule has 1 atom stereocenters. The molecule has 1 nitrogen and oxygen atoms in total. The predicted molar refractivity (Wildman–Crippen MR) is 77.7 cm³/mol. The molecule has 3 rings (SSSR count). The predicted octanol–water partition coefficient (Wildman–Crippen LogP) is 4.43. The molecule has 0 aromatic heterocycles. The van der Waals surface area contributed by atoms with Crippen LogP contribution >= 0.6 is 0 Å². The van der Waals surface area contributed by atoms with Crippen LogP contribution in [-0.4, -0.2) is 7.05 Å². The van der Waals surface area contributed by atoms with E-state index >= 15 is 0 Å². The average Bonchev–Trinajstić information content (AvgIpc) is 2.96. The highest BCUT2D eigenvalue weighted by atomic mass is 19.1. The summed E-state index contributed by atoms with van der Waals surface area (Å²) in [4.78, 5) is 0. The van der Waals surface area contributed by atoms with Crippen LogP contribution in [-0.2, 0) is 0 Å². The Bertz CT molecular complexity index is 572. The van der Waals surface area contributed by atoms with Crippen LogP contribution in [0.1, 0.15) is 37.3 Å². The zero-order chi connectivity index (χ0) is 13.2. The third-order valence-corrected chi connectivity index (χ3v) is 4.42. The van der Waals surface area contributed by atoms with Gasteiger partial charge in [0.25, 0.3) is 0 Å². The SMILES string of the molecule is CNC(c1ccc(F)c2ccccc12)C1CCCC1. The van der Waals surface area contributed by atoms with Gasteiger partial charge in [-0.05, 0) is 42.8 Å². The normalized spacial score (nSPS) is 18.0. The molecule has 1 aliphatic carbocycles. The highest BCUT2D eigenvalue weighted by Crippen LogP contribution is 2.38. The molecule has 0 spiro atoms. The topological polar surface area (TPSA) is 12.0 Å². The second-order valence-corrected chi connectivity index (χ2v) is 5.49. The standard InChI is InChI=1S/C17H20FN/c1-19-17(12-6-2-3-7-12)15-10-11-16(18)14-9-5-4-8-13(14)15/h4-5,8-12,17,19H,2-3,6-7H2,1H3. The molecule has 0 radical (unpaired) electrons. The number of nitrogens with one attached hydrogen (secondary N) is 1. The van der Waals surface area contributed by atoms with Gasteiger partial charge in [0, 0.05) is 11.4 Å². The van der Waals surface area contributed by atoms with Gasteiger partial charge in [-0.1, -0.05) is 43.2 Å². The van der Waals surface area contributed by atoms with Crippen molar-refractivity contribution in [2.45, 2.75) is 31.7 Å². The number of hydrogen-bond donors (Lipinski definition) is 1. The quantitative estimate of drug-likeness (QED) is 0.857. The van der Waals surface area contributed by atoms with Gasteiger partial charge < -0.3 is 5.32 Å². The van der Waals surface area contributed by atoms with E-state index in [-0.39, 0.29) is 5.82 Å². The van der Waals surface area contributed by atoms with Crippen molar-refractivity contribution in [1.82, 2.24) is 5.32 Å². The Morgan fingerprint density at radius 1 is 1.05 bits per heavy atom. The van der Waals surface area contributed by atoms with Crippen molar-refractivity contribution in [3.63, 3.8) is 0 Å².